The Morgan fingerprint density at radius 2 is 0.760 bits per heavy atom. The van der Waals surface area contributed by atoms with E-state index < -0.39 is 32.5 Å². The average Bonchev–Trinajstić information content (AvgIpc) is 3.37. The van der Waals surface area contributed by atoms with Gasteiger partial charge in [0.1, 0.15) is 19.8 Å². The van der Waals surface area contributed by atoms with Gasteiger partial charge in [0.25, 0.3) is 7.82 Å². The Morgan fingerprint density at radius 1 is 0.427 bits per heavy atom. The van der Waals surface area contributed by atoms with E-state index >= 15 is 0 Å². The van der Waals surface area contributed by atoms with Crippen LogP contribution in [0.4, 0.5) is 0 Å². The molecule has 0 radical (unpaired) electrons. The quantitative estimate of drug-likeness (QED) is 0.0195. The van der Waals surface area contributed by atoms with E-state index in [0.717, 1.165) is 128 Å². The molecule has 0 aromatic rings. The van der Waals surface area contributed by atoms with Gasteiger partial charge in [-0.25, -0.2) is 0 Å². The van der Waals surface area contributed by atoms with Crippen molar-refractivity contribution >= 4 is 19.8 Å². The molecule has 0 spiro atoms. The van der Waals surface area contributed by atoms with Gasteiger partial charge in [-0.1, -0.05) is 218 Å². The molecule has 0 saturated carbocycles. The number of ether oxygens (including phenoxy) is 2. The van der Waals surface area contributed by atoms with Crippen LogP contribution in [0.5, 0.6) is 0 Å². The van der Waals surface area contributed by atoms with E-state index in [1.54, 1.807) is 0 Å². The first-order valence-corrected chi connectivity index (χ1v) is 30.9. The molecule has 426 valence electrons. The second-order valence-electron chi connectivity index (χ2n) is 20.3. The second kappa shape index (κ2) is 54.9. The zero-order valence-electron chi connectivity index (χ0n) is 48.2. The van der Waals surface area contributed by atoms with Gasteiger partial charge in [0.2, 0.25) is 0 Å². The molecule has 0 bridgehead atoms. The van der Waals surface area contributed by atoms with Crippen LogP contribution in [0.2, 0.25) is 0 Å². The summed E-state index contributed by atoms with van der Waals surface area (Å²) < 4.78 is 34.0. The van der Waals surface area contributed by atoms with Crippen molar-refractivity contribution in [3.63, 3.8) is 0 Å². The predicted molar refractivity (Wildman–Crippen MR) is 318 cm³/mol. The van der Waals surface area contributed by atoms with E-state index in [2.05, 4.69) is 148 Å². The smallest absolute Gasteiger partial charge is 0.306 e. The maximum atomic E-state index is 12.8. The van der Waals surface area contributed by atoms with Gasteiger partial charge in [-0.3, -0.25) is 14.2 Å². The number of carbonyl (C=O) groups is 2. The van der Waals surface area contributed by atoms with Gasteiger partial charge in [-0.05, 0) is 116 Å². The molecule has 0 rings (SSSR count). The summed E-state index contributed by atoms with van der Waals surface area (Å²) in [7, 11) is 1.14. The fourth-order valence-corrected chi connectivity index (χ4v) is 8.11. The minimum Gasteiger partial charge on any atom is -0.756 e. The first-order valence-electron chi connectivity index (χ1n) is 29.4. The van der Waals surface area contributed by atoms with Crippen LogP contribution in [-0.2, 0) is 32.7 Å². The molecule has 0 saturated heterocycles. The number of hydrogen-bond acceptors (Lipinski definition) is 8. The Labute approximate surface area is 460 Å². The van der Waals surface area contributed by atoms with E-state index in [-0.39, 0.29) is 26.1 Å². The molecule has 0 N–H and O–H groups in total. The average molecular weight is 1060 g/mol. The van der Waals surface area contributed by atoms with Crippen molar-refractivity contribution in [3.8, 4) is 0 Å². The Morgan fingerprint density at radius 3 is 1.15 bits per heavy atom. The molecule has 0 heterocycles. The van der Waals surface area contributed by atoms with Gasteiger partial charge in [0.05, 0.1) is 27.7 Å². The van der Waals surface area contributed by atoms with Crippen molar-refractivity contribution in [1.82, 2.24) is 0 Å². The van der Waals surface area contributed by atoms with Crippen molar-refractivity contribution in [3.05, 3.63) is 134 Å². The van der Waals surface area contributed by atoms with E-state index in [9.17, 15) is 19.0 Å². The van der Waals surface area contributed by atoms with Gasteiger partial charge < -0.3 is 27.9 Å². The molecule has 0 aliphatic rings. The van der Waals surface area contributed by atoms with E-state index in [0.29, 0.717) is 23.9 Å². The molecule has 0 amide bonds. The fraction of sp³-hybridized carbons (Fsp3) is 0.631. The van der Waals surface area contributed by atoms with Crippen molar-refractivity contribution in [2.45, 2.75) is 219 Å². The van der Waals surface area contributed by atoms with Crippen molar-refractivity contribution in [2.24, 2.45) is 0 Å². The minimum atomic E-state index is -4.64. The maximum Gasteiger partial charge on any atom is 0.306 e. The summed E-state index contributed by atoms with van der Waals surface area (Å²) in [6.07, 6.45) is 79.4. The van der Waals surface area contributed by atoms with Crippen LogP contribution in [0.25, 0.3) is 0 Å². The number of phosphoric acid groups is 1. The number of quaternary nitrogens is 1. The van der Waals surface area contributed by atoms with E-state index in [1.165, 1.54) is 44.9 Å². The Kier molecular flexibility index (Phi) is 52.1. The Bertz CT molecular complexity index is 1730. The van der Waals surface area contributed by atoms with Gasteiger partial charge in [0, 0.05) is 12.8 Å². The summed E-state index contributed by atoms with van der Waals surface area (Å²) in [5.74, 6) is -0.863. The van der Waals surface area contributed by atoms with Gasteiger partial charge in [-0.15, -0.1) is 0 Å². The molecule has 75 heavy (non-hydrogen) atoms. The Balaban J connectivity index is 4.12. The number of unbranched alkanes of at least 4 members (excludes halogenated alkanes) is 16. The highest BCUT2D eigenvalue weighted by Crippen LogP contribution is 2.38. The number of allylic oxidation sites excluding steroid dienone is 22. The summed E-state index contributed by atoms with van der Waals surface area (Å²) in [6.45, 7) is 4.05. The lowest BCUT2D eigenvalue weighted by atomic mass is 10.1. The molecule has 9 nitrogen and oxygen atoms in total. The number of nitrogens with zero attached hydrogens (tertiary/aromatic N) is 1. The molecule has 10 heteroatoms. The lowest BCUT2D eigenvalue weighted by Gasteiger charge is -2.28. The maximum absolute atomic E-state index is 12.8. The predicted octanol–water partition coefficient (Wildman–Crippen LogP) is 17.9. The van der Waals surface area contributed by atoms with Crippen molar-refractivity contribution in [2.75, 3.05) is 47.5 Å². The zero-order chi connectivity index (χ0) is 54.9. The van der Waals surface area contributed by atoms with Gasteiger partial charge in [-0.2, -0.15) is 0 Å². The topological polar surface area (TPSA) is 111 Å². The molecule has 0 aromatic heterocycles. The number of phosphoric ester groups is 1. The van der Waals surface area contributed by atoms with Crippen LogP contribution in [0.15, 0.2) is 134 Å². The SMILES string of the molecule is CC/C=C\C/C=C\C/C=C\C/C=C\C/C=C\C/C=C\C/C=C\C/C=C\C/C=C\C/C=C\CCCCCCCCCCC(=O)OC(COC(=O)CCCCCCC/C=C\CCCCC)COP(=O)([O-])OCC[N+](C)(C)C. The highest BCUT2D eigenvalue weighted by Gasteiger charge is 2.21. The molecular weight excluding hydrogens is 954 g/mol. The summed E-state index contributed by atoms with van der Waals surface area (Å²) in [4.78, 5) is 37.7. The van der Waals surface area contributed by atoms with Crippen LogP contribution in [0.1, 0.15) is 213 Å². The summed E-state index contributed by atoms with van der Waals surface area (Å²) in [5, 5.41) is 0. The summed E-state index contributed by atoms with van der Waals surface area (Å²) in [6, 6.07) is 0. The fourth-order valence-electron chi connectivity index (χ4n) is 7.38. The van der Waals surface area contributed by atoms with Crippen LogP contribution in [0.3, 0.4) is 0 Å². The van der Waals surface area contributed by atoms with Crippen LogP contribution < -0.4 is 4.89 Å². The summed E-state index contributed by atoms with van der Waals surface area (Å²) in [5.41, 5.74) is 0. The van der Waals surface area contributed by atoms with Crippen molar-refractivity contribution < 1.29 is 42.1 Å². The number of rotatable bonds is 52. The number of esters is 2. The molecule has 2 atom stereocenters. The first-order chi connectivity index (χ1) is 36.5. The number of likely N-dealkylation sites (N-methyl/N-ethyl adjacent to an activating group) is 1. The molecule has 2 unspecified atom stereocenters. The lowest BCUT2D eigenvalue weighted by molar-refractivity contribution is -0.870. The third kappa shape index (κ3) is 59.3. The second-order valence-corrected chi connectivity index (χ2v) is 21.7. The highest BCUT2D eigenvalue weighted by molar-refractivity contribution is 7.45. The van der Waals surface area contributed by atoms with Crippen LogP contribution in [0, 0.1) is 0 Å². The third-order valence-electron chi connectivity index (χ3n) is 11.9. The van der Waals surface area contributed by atoms with Crippen molar-refractivity contribution in [1.29, 1.82) is 0 Å². The van der Waals surface area contributed by atoms with E-state index in [1.807, 2.05) is 21.1 Å². The third-order valence-corrected chi connectivity index (χ3v) is 12.9. The lowest BCUT2D eigenvalue weighted by Crippen LogP contribution is -2.37. The standard InChI is InChI=1S/C65H108NO8P/c1-6-8-10-12-14-16-18-20-21-22-23-24-25-26-27-28-29-30-31-32-33-34-35-36-37-38-39-40-41-42-43-44-45-46-48-50-52-54-56-58-65(68)74-63(62-73-75(69,70)72-60-59-66(3,4)5)61-71-64(67)57-55-53-51-49-47-19-17-15-13-11-9-7-2/h8,10,14-17,20-21,23-24,26-27,29-30,32-33,35-36,38-39,41-42,63H,6-7,9,11-13,18-19,22,25,28,31,34,37,40,43-62H2,1-5H3/b10-8-,16-14-,17-15-,21-20-,24-23-,27-26-,30-29-,33-32-,36-35-,39-38-,42-41-. The van der Waals surface area contributed by atoms with E-state index in [4.69, 9.17) is 18.5 Å². The largest absolute Gasteiger partial charge is 0.756 e. The van der Waals surface area contributed by atoms with Crippen LogP contribution >= 0.6 is 7.82 Å². The highest BCUT2D eigenvalue weighted by atomic mass is 31.2. The Hall–Kier alpha value is -3.85. The molecule has 0 aliphatic heterocycles. The molecular formula is C65H108NO8P. The monoisotopic (exact) mass is 1060 g/mol. The summed E-state index contributed by atoms with van der Waals surface area (Å²) >= 11 is 0. The number of carbonyl (C=O) groups excluding carboxylic acids is 2. The van der Waals surface area contributed by atoms with Gasteiger partial charge in [0.15, 0.2) is 6.10 Å². The number of hydrogen-bond donors (Lipinski definition) is 0. The normalized spacial score (nSPS) is 14.3. The molecule has 0 aliphatic carbocycles. The first kappa shape index (κ1) is 71.2. The molecule has 0 aromatic carbocycles. The molecule has 0 fully saturated rings. The van der Waals surface area contributed by atoms with Gasteiger partial charge >= 0.3 is 11.9 Å². The van der Waals surface area contributed by atoms with Crippen LogP contribution in [-0.4, -0.2) is 70.0 Å². The zero-order valence-corrected chi connectivity index (χ0v) is 49.1. The minimum absolute atomic E-state index is 0.0401.